The van der Waals surface area contributed by atoms with Crippen molar-refractivity contribution in [2.24, 2.45) is 0 Å². The number of carbonyl (C=O) groups is 1. The second-order valence-corrected chi connectivity index (χ2v) is 8.38. The van der Waals surface area contributed by atoms with Crippen molar-refractivity contribution >= 4 is 11.6 Å². The average Bonchev–Trinajstić information content (AvgIpc) is 2.85. The summed E-state index contributed by atoms with van der Waals surface area (Å²) in [5, 5.41) is 32.4. The molecule has 4 aromatic rings. The van der Waals surface area contributed by atoms with Crippen molar-refractivity contribution in [1.29, 1.82) is 0 Å². The number of benzene rings is 2. The molecule has 4 N–H and O–H groups in total. The molecule has 0 unspecified atom stereocenters. The van der Waals surface area contributed by atoms with Crippen LogP contribution in [0.4, 0.5) is 13.2 Å². The zero-order valence-corrected chi connectivity index (χ0v) is 19.6. The van der Waals surface area contributed by atoms with Crippen LogP contribution in [0.5, 0.6) is 23.1 Å². The van der Waals surface area contributed by atoms with Crippen molar-refractivity contribution in [2.45, 2.75) is 25.1 Å². The highest BCUT2D eigenvalue weighted by Gasteiger charge is 2.31. The Hall–Kier alpha value is -4.74. The smallest absolute Gasteiger partial charge is 0.504 e. The third-order valence-corrected chi connectivity index (χ3v) is 5.78. The molecule has 0 saturated heterocycles. The fourth-order valence-corrected chi connectivity index (χ4v) is 4.01. The third kappa shape index (κ3) is 6.14. The van der Waals surface area contributed by atoms with E-state index in [0.29, 0.717) is 12.0 Å². The van der Waals surface area contributed by atoms with E-state index in [0.717, 1.165) is 12.1 Å². The first-order chi connectivity index (χ1) is 18.0. The molecule has 38 heavy (non-hydrogen) atoms. The van der Waals surface area contributed by atoms with Crippen molar-refractivity contribution in [3.8, 4) is 23.1 Å². The van der Waals surface area contributed by atoms with Crippen LogP contribution in [-0.2, 0) is 11.2 Å². The number of aromatic hydroxyl groups is 3. The number of hydrogen-bond acceptors (Lipinski definition) is 7. The Morgan fingerprint density at radius 2 is 1.76 bits per heavy atom. The van der Waals surface area contributed by atoms with Crippen LogP contribution in [0.3, 0.4) is 0 Å². The Morgan fingerprint density at radius 3 is 2.45 bits per heavy atom. The summed E-state index contributed by atoms with van der Waals surface area (Å²) >= 11 is 0. The van der Waals surface area contributed by atoms with Crippen molar-refractivity contribution < 1.29 is 38.0 Å². The van der Waals surface area contributed by atoms with Gasteiger partial charge in [-0.15, -0.1) is 13.2 Å². The Morgan fingerprint density at radius 1 is 1.03 bits per heavy atom. The van der Waals surface area contributed by atoms with Crippen LogP contribution in [-0.4, -0.2) is 43.5 Å². The van der Waals surface area contributed by atoms with Crippen LogP contribution in [0.1, 0.15) is 29.0 Å². The number of phenols is 2. The van der Waals surface area contributed by atoms with Gasteiger partial charge in [0, 0.05) is 25.1 Å². The highest BCUT2D eigenvalue weighted by Crippen LogP contribution is 2.33. The van der Waals surface area contributed by atoms with Gasteiger partial charge in [0.05, 0.1) is 5.56 Å². The van der Waals surface area contributed by atoms with Gasteiger partial charge in [0.15, 0.2) is 11.5 Å². The van der Waals surface area contributed by atoms with Gasteiger partial charge >= 0.3 is 6.36 Å². The van der Waals surface area contributed by atoms with E-state index < -0.39 is 35.4 Å². The lowest BCUT2D eigenvalue weighted by atomic mass is 9.89. The zero-order chi connectivity index (χ0) is 27.4. The maximum atomic E-state index is 13.3. The molecule has 2 aromatic heterocycles. The normalized spacial score (nSPS) is 12.3. The van der Waals surface area contributed by atoms with E-state index in [1.165, 1.54) is 40.9 Å². The first-order valence-electron chi connectivity index (χ1n) is 11.4. The molecule has 0 radical (unpaired) electrons. The second kappa shape index (κ2) is 10.7. The maximum Gasteiger partial charge on any atom is 0.573 e. The summed E-state index contributed by atoms with van der Waals surface area (Å²) in [6, 6.07) is 13.6. The van der Waals surface area contributed by atoms with Crippen LogP contribution in [0.25, 0.3) is 5.65 Å². The quantitative estimate of drug-likeness (QED) is 0.256. The summed E-state index contributed by atoms with van der Waals surface area (Å²) in [7, 11) is 0. The van der Waals surface area contributed by atoms with E-state index in [1.54, 1.807) is 18.2 Å². The number of rotatable bonds is 8. The van der Waals surface area contributed by atoms with Crippen LogP contribution in [0.2, 0.25) is 0 Å². The number of nitrogens with zero attached hydrogens (tertiary/aromatic N) is 2. The highest BCUT2D eigenvalue weighted by atomic mass is 19.4. The van der Waals surface area contributed by atoms with Crippen LogP contribution in [0, 0.1) is 0 Å². The van der Waals surface area contributed by atoms with Crippen molar-refractivity contribution in [3.05, 3.63) is 93.9 Å². The zero-order valence-electron chi connectivity index (χ0n) is 19.6. The molecule has 0 fully saturated rings. The minimum Gasteiger partial charge on any atom is -0.504 e. The first kappa shape index (κ1) is 26.3. The lowest BCUT2D eigenvalue weighted by Crippen LogP contribution is -2.30. The number of amides is 1. The molecule has 198 valence electrons. The topological polar surface area (TPSA) is 133 Å². The Labute approximate surface area is 213 Å². The molecule has 0 aliphatic carbocycles. The molecule has 2 heterocycles. The van der Waals surface area contributed by atoms with Crippen LogP contribution in [0.15, 0.2) is 71.7 Å². The van der Waals surface area contributed by atoms with Gasteiger partial charge in [-0.3, -0.25) is 14.0 Å². The number of alkyl halides is 3. The predicted molar refractivity (Wildman–Crippen MR) is 129 cm³/mol. The molecular formula is C26H22F3N3O6. The number of halogens is 3. The average molecular weight is 529 g/mol. The number of hydrogen-bond donors (Lipinski definition) is 4. The minimum atomic E-state index is -4.89. The number of pyridine rings is 1. The monoisotopic (exact) mass is 529 g/mol. The Balaban J connectivity index is 1.61. The van der Waals surface area contributed by atoms with Crippen molar-refractivity contribution in [3.63, 3.8) is 0 Å². The van der Waals surface area contributed by atoms with Gasteiger partial charge in [-0.2, -0.15) is 4.98 Å². The minimum absolute atomic E-state index is 0.148. The van der Waals surface area contributed by atoms with Gasteiger partial charge in [-0.25, -0.2) is 0 Å². The van der Waals surface area contributed by atoms with Gasteiger partial charge in [0.2, 0.25) is 11.8 Å². The van der Waals surface area contributed by atoms with Crippen molar-refractivity contribution in [2.75, 3.05) is 6.54 Å². The van der Waals surface area contributed by atoms with E-state index in [2.05, 4.69) is 15.0 Å². The summed E-state index contributed by atoms with van der Waals surface area (Å²) in [6.07, 6.45) is -3.46. The molecule has 0 aliphatic heterocycles. The number of aromatic nitrogens is 2. The summed E-state index contributed by atoms with van der Waals surface area (Å²) in [5.74, 6) is -3.22. The standard InChI is InChI=1S/C26H22F3N3O6/c27-26(28,29)38-17-7-5-16(6-8-17)18(23-24(36)31-21-3-1-2-12-32(21)25(23)37)14-22(35)30-11-10-15-4-9-19(33)20(34)13-15/h1-9,12-13,18,33-34,36H,10-11,14H2,(H,30,35)/t18-/m1/s1. The number of fused-ring (bicyclic) bond motifs is 1. The number of nitrogens with one attached hydrogen (secondary N) is 1. The fourth-order valence-electron chi connectivity index (χ4n) is 4.01. The van der Waals surface area contributed by atoms with Gasteiger partial charge in [-0.05, 0) is 53.9 Å². The second-order valence-electron chi connectivity index (χ2n) is 8.38. The van der Waals surface area contributed by atoms with Crippen molar-refractivity contribution in [1.82, 2.24) is 14.7 Å². The summed E-state index contributed by atoms with van der Waals surface area (Å²) in [6.45, 7) is 0.148. The molecule has 0 saturated carbocycles. The summed E-state index contributed by atoms with van der Waals surface area (Å²) in [4.78, 5) is 30.2. The lowest BCUT2D eigenvalue weighted by molar-refractivity contribution is -0.274. The number of ether oxygens (including phenoxy) is 1. The molecule has 0 spiro atoms. The largest absolute Gasteiger partial charge is 0.573 e. The van der Waals surface area contributed by atoms with E-state index in [-0.39, 0.29) is 41.2 Å². The molecular weight excluding hydrogens is 507 g/mol. The highest BCUT2D eigenvalue weighted by molar-refractivity contribution is 5.77. The van der Waals surface area contributed by atoms with E-state index in [4.69, 9.17) is 0 Å². The summed E-state index contributed by atoms with van der Waals surface area (Å²) < 4.78 is 42.9. The molecule has 0 bridgehead atoms. The molecule has 12 heteroatoms. The molecule has 9 nitrogen and oxygen atoms in total. The Bertz CT molecular complexity index is 1520. The molecule has 4 rings (SSSR count). The molecule has 1 atom stereocenters. The molecule has 0 aliphatic rings. The fraction of sp³-hybridized carbons (Fsp3) is 0.192. The summed E-state index contributed by atoms with van der Waals surface area (Å²) in [5.41, 5.74) is 0.265. The van der Waals surface area contributed by atoms with E-state index in [1.807, 2.05) is 0 Å². The van der Waals surface area contributed by atoms with Gasteiger partial charge in [-0.1, -0.05) is 24.3 Å². The van der Waals surface area contributed by atoms with Crippen LogP contribution >= 0.6 is 0 Å². The molecule has 1 amide bonds. The SMILES string of the molecule is O=C(C[C@H](c1ccc(OC(F)(F)F)cc1)c1c(O)nc2ccccn2c1=O)NCCc1ccc(O)c(O)c1. The van der Waals surface area contributed by atoms with E-state index in [9.17, 15) is 38.1 Å². The Kier molecular flexibility index (Phi) is 7.42. The lowest BCUT2D eigenvalue weighted by Gasteiger charge is -2.19. The van der Waals surface area contributed by atoms with Crippen LogP contribution < -0.4 is 15.6 Å². The third-order valence-electron chi connectivity index (χ3n) is 5.78. The van der Waals surface area contributed by atoms with Gasteiger partial charge in [0.25, 0.3) is 5.56 Å². The van der Waals surface area contributed by atoms with E-state index >= 15 is 0 Å². The number of phenolic OH excluding ortho intramolecular Hbond substituents is 2. The maximum absolute atomic E-state index is 13.3. The predicted octanol–water partition coefficient (Wildman–Crippen LogP) is 3.59. The number of carbonyl (C=O) groups excluding carboxylic acids is 1. The molecule has 2 aromatic carbocycles. The van der Waals surface area contributed by atoms with Gasteiger partial charge in [0.1, 0.15) is 11.4 Å². The first-order valence-corrected chi connectivity index (χ1v) is 11.4. The van der Waals surface area contributed by atoms with Gasteiger partial charge < -0.3 is 25.4 Å².